The number of amides is 1. The molecule has 0 spiro atoms. The normalized spacial score (nSPS) is 25.7. The number of carbonyl (C=O) groups excluding carboxylic acids is 1. The topological polar surface area (TPSA) is 114 Å². The Balaban J connectivity index is 1.47. The molecule has 30 heavy (non-hydrogen) atoms. The fourth-order valence-corrected chi connectivity index (χ4v) is 5.22. The fraction of sp³-hybridized carbons (Fsp3) is 0.667. The maximum atomic E-state index is 12.6. The summed E-state index contributed by atoms with van der Waals surface area (Å²) in [5, 5.41) is 12.7. The zero-order valence-electron chi connectivity index (χ0n) is 17.4. The fourth-order valence-electron chi connectivity index (χ4n) is 3.92. The predicted molar refractivity (Wildman–Crippen MR) is 111 cm³/mol. The van der Waals surface area contributed by atoms with Crippen LogP contribution in [0.15, 0.2) is 29.2 Å². The van der Waals surface area contributed by atoms with Gasteiger partial charge in [0.05, 0.1) is 29.8 Å². The standard InChI is InChI=1S/C21H32N2O6S/c1-15-2-5-18(6-3-15)30(26,27)23-19-7-4-17(29-20(19)14-24)8-11-22-21(25)16-9-12-28-13-10-16/h2-3,5-6,16-17,19-20,23-24H,4,7-14H2,1H3,(H,22,25)/t17-,19-,20-/m0/s1. The van der Waals surface area contributed by atoms with Crippen LogP contribution in [-0.4, -0.2) is 64.0 Å². The van der Waals surface area contributed by atoms with Crippen molar-refractivity contribution in [2.24, 2.45) is 5.92 Å². The van der Waals surface area contributed by atoms with E-state index in [4.69, 9.17) is 9.47 Å². The molecule has 0 saturated carbocycles. The Morgan fingerprint density at radius 2 is 1.83 bits per heavy atom. The van der Waals surface area contributed by atoms with Crippen LogP contribution < -0.4 is 10.0 Å². The van der Waals surface area contributed by atoms with Gasteiger partial charge in [-0.1, -0.05) is 17.7 Å². The van der Waals surface area contributed by atoms with Crippen molar-refractivity contribution in [2.75, 3.05) is 26.4 Å². The second kappa shape index (κ2) is 10.7. The lowest BCUT2D eigenvalue weighted by atomic mass is 9.97. The number of benzene rings is 1. The van der Waals surface area contributed by atoms with E-state index in [0.717, 1.165) is 18.4 Å². The Labute approximate surface area is 178 Å². The van der Waals surface area contributed by atoms with E-state index in [1.165, 1.54) is 0 Å². The van der Waals surface area contributed by atoms with Crippen molar-refractivity contribution in [3.05, 3.63) is 29.8 Å². The van der Waals surface area contributed by atoms with E-state index >= 15 is 0 Å². The van der Waals surface area contributed by atoms with Gasteiger partial charge in [0, 0.05) is 25.7 Å². The third-order valence-corrected chi connectivity index (χ3v) is 7.30. The van der Waals surface area contributed by atoms with Gasteiger partial charge in [-0.25, -0.2) is 13.1 Å². The quantitative estimate of drug-likeness (QED) is 0.558. The molecular formula is C21H32N2O6S. The van der Waals surface area contributed by atoms with Crippen molar-refractivity contribution < 1.29 is 27.8 Å². The number of hydrogen-bond acceptors (Lipinski definition) is 6. The van der Waals surface area contributed by atoms with Gasteiger partial charge in [-0.05, 0) is 51.2 Å². The van der Waals surface area contributed by atoms with E-state index in [0.29, 0.717) is 39.0 Å². The first-order chi connectivity index (χ1) is 14.4. The first-order valence-electron chi connectivity index (χ1n) is 10.6. The lowest BCUT2D eigenvalue weighted by molar-refractivity contribution is -0.128. The highest BCUT2D eigenvalue weighted by atomic mass is 32.2. The summed E-state index contributed by atoms with van der Waals surface area (Å²) in [6, 6.07) is 6.15. The minimum atomic E-state index is -3.69. The largest absolute Gasteiger partial charge is 0.394 e. The van der Waals surface area contributed by atoms with E-state index < -0.39 is 22.2 Å². The molecule has 3 atom stereocenters. The van der Waals surface area contributed by atoms with Gasteiger partial charge in [0.1, 0.15) is 0 Å². The van der Waals surface area contributed by atoms with Crippen molar-refractivity contribution in [1.29, 1.82) is 0 Å². The van der Waals surface area contributed by atoms with Gasteiger partial charge < -0.3 is 19.9 Å². The zero-order valence-corrected chi connectivity index (χ0v) is 18.2. The Bertz CT molecular complexity index is 792. The summed E-state index contributed by atoms with van der Waals surface area (Å²) < 4.78 is 39.2. The van der Waals surface area contributed by atoms with Crippen molar-refractivity contribution in [3.63, 3.8) is 0 Å². The second-order valence-corrected chi connectivity index (χ2v) is 9.78. The van der Waals surface area contributed by atoms with Crippen LogP contribution in [0.25, 0.3) is 0 Å². The predicted octanol–water partition coefficient (Wildman–Crippen LogP) is 1.11. The minimum absolute atomic E-state index is 0.0109. The SMILES string of the molecule is Cc1ccc(S(=O)(=O)N[C@H]2CC[C@@H](CCNC(=O)C3CCOCC3)O[C@H]2CO)cc1. The number of aryl methyl sites for hydroxylation is 1. The van der Waals surface area contributed by atoms with Crippen molar-refractivity contribution in [2.45, 2.75) is 62.2 Å². The minimum Gasteiger partial charge on any atom is -0.394 e. The van der Waals surface area contributed by atoms with Crippen molar-refractivity contribution >= 4 is 15.9 Å². The highest BCUT2D eigenvalue weighted by molar-refractivity contribution is 7.89. The summed E-state index contributed by atoms with van der Waals surface area (Å²) in [5.41, 5.74) is 0.981. The number of ether oxygens (including phenoxy) is 2. The summed E-state index contributed by atoms with van der Waals surface area (Å²) in [7, 11) is -3.69. The van der Waals surface area contributed by atoms with Crippen LogP contribution in [0, 0.1) is 12.8 Å². The summed E-state index contributed by atoms with van der Waals surface area (Å²) in [5.74, 6) is 0.0633. The maximum Gasteiger partial charge on any atom is 0.240 e. The van der Waals surface area contributed by atoms with Gasteiger partial charge in [0.2, 0.25) is 15.9 Å². The lowest BCUT2D eigenvalue weighted by Crippen LogP contribution is -2.51. The molecule has 3 rings (SSSR count). The summed E-state index contributed by atoms with van der Waals surface area (Å²) in [6.45, 7) is 3.38. The summed E-state index contributed by atoms with van der Waals surface area (Å²) >= 11 is 0. The molecule has 168 valence electrons. The smallest absolute Gasteiger partial charge is 0.240 e. The maximum absolute atomic E-state index is 12.6. The Morgan fingerprint density at radius 3 is 2.50 bits per heavy atom. The summed E-state index contributed by atoms with van der Waals surface area (Å²) in [6.07, 6.45) is 2.61. The highest BCUT2D eigenvalue weighted by Gasteiger charge is 2.34. The number of carbonyl (C=O) groups is 1. The third-order valence-electron chi connectivity index (χ3n) is 5.79. The van der Waals surface area contributed by atoms with Crippen LogP contribution in [0.5, 0.6) is 0 Å². The van der Waals surface area contributed by atoms with Gasteiger partial charge >= 0.3 is 0 Å². The molecule has 0 aliphatic carbocycles. The highest BCUT2D eigenvalue weighted by Crippen LogP contribution is 2.24. The molecule has 2 aliphatic rings. The van der Waals surface area contributed by atoms with Crippen LogP contribution in [0.3, 0.4) is 0 Å². The van der Waals surface area contributed by atoms with E-state index in [1.807, 2.05) is 6.92 Å². The molecule has 2 fully saturated rings. The average molecular weight is 441 g/mol. The second-order valence-electron chi connectivity index (χ2n) is 8.06. The Hall–Kier alpha value is -1.52. The molecule has 1 aromatic rings. The molecule has 3 N–H and O–H groups in total. The van der Waals surface area contributed by atoms with E-state index in [-0.39, 0.29) is 29.4 Å². The van der Waals surface area contributed by atoms with Crippen molar-refractivity contribution in [3.8, 4) is 0 Å². The van der Waals surface area contributed by atoms with Gasteiger partial charge in [-0.15, -0.1) is 0 Å². The average Bonchev–Trinajstić information content (AvgIpc) is 2.75. The lowest BCUT2D eigenvalue weighted by Gasteiger charge is -2.36. The van der Waals surface area contributed by atoms with E-state index in [1.54, 1.807) is 24.3 Å². The molecule has 0 bridgehead atoms. The van der Waals surface area contributed by atoms with Gasteiger partial charge in [0.15, 0.2) is 0 Å². The van der Waals surface area contributed by atoms with Crippen molar-refractivity contribution in [1.82, 2.24) is 10.0 Å². The molecule has 8 nitrogen and oxygen atoms in total. The summed E-state index contributed by atoms with van der Waals surface area (Å²) in [4.78, 5) is 12.4. The molecule has 1 amide bonds. The number of sulfonamides is 1. The van der Waals surface area contributed by atoms with Crippen LogP contribution in [0.2, 0.25) is 0 Å². The molecule has 0 radical (unpaired) electrons. The number of aliphatic hydroxyl groups is 1. The first kappa shape index (κ1) is 23.1. The molecule has 2 aliphatic heterocycles. The molecule has 0 aromatic heterocycles. The molecule has 0 unspecified atom stereocenters. The van der Waals surface area contributed by atoms with E-state index in [9.17, 15) is 18.3 Å². The zero-order chi connectivity index (χ0) is 21.6. The van der Waals surface area contributed by atoms with Gasteiger partial charge in [-0.3, -0.25) is 4.79 Å². The van der Waals surface area contributed by atoms with E-state index in [2.05, 4.69) is 10.0 Å². The first-order valence-corrected chi connectivity index (χ1v) is 12.1. The van der Waals surface area contributed by atoms with Crippen LogP contribution in [0.1, 0.15) is 37.7 Å². The van der Waals surface area contributed by atoms with Crippen LogP contribution >= 0.6 is 0 Å². The van der Waals surface area contributed by atoms with Crippen LogP contribution in [0.4, 0.5) is 0 Å². The number of aliphatic hydroxyl groups excluding tert-OH is 1. The van der Waals surface area contributed by atoms with Gasteiger partial charge in [0.25, 0.3) is 0 Å². The Kier molecular flexibility index (Phi) is 8.24. The van der Waals surface area contributed by atoms with Crippen LogP contribution in [-0.2, 0) is 24.3 Å². The molecule has 2 heterocycles. The third kappa shape index (κ3) is 6.24. The molecular weight excluding hydrogens is 408 g/mol. The monoisotopic (exact) mass is 440 g/mol. The molecule has 9 heteroatoms. The number of hydrogen-bond donors (Lipinski definition) is 3. The number of nitrogens with one attached hydrogen (secondary N) is 2. The van der Waals surface area contributed by atoms with Gasteiger partial charge in [-0.2, -0.15) is 0 Å². The Morgan fingerprint density at radius 1 is 1.13 bits per heavy atom. The molecule has 2 saturated heterocycles. The molecule has 1 aromatic carbocycles. The number of rotatable bonds is 8.